The number of hydrogen-bond donors (Lipinski definition) is 2. The summed E-state index contributed by atoms with van der Waals surface area (Å²) in [4.78, 5) is 10.7. The smallest absolute Gasteiger partial charge is 0.222 e. The van der Waals surface area contributed by atoms with Crippen molar-refractivity contribution < 1.29 is 14.6 Å². The van der Waals surface area contributed by atoms with Gasteiger partial charge in [0.05, 0.1) is 13.2 Å². The number of carbonyl (C=O) groups is 1. The van der Waals surface area contributed by atoms with E-state index in [9.17, 15) is 4.79 Å². The predicted molar refractivity (Wildman–Crippen MR) is 45.8 cm³/mol. The van der Waals surface area contributed by atoms with E-state index in [1.165, 1.54) is 0 Å². The maximum atomic E-state index is 10.7. The van der Waals surface area contributed by atoms with Crippen LogP contribution >= 0.6 is 0 Å². The second-order valence-electron chi connectivity index (χ2n) is 2.44. The quantitative estimate of drug-likeness (QED) is 0.532. The lowest BCUT2D eigenvalue weighted by atomic mass is 10.4. The molecule has 0 atom stereocenters. The minimum Gasteiger partial charge on any atom is -0.396 e. The van der Waals surface area contributed by atoms with Crippen LogP contribution in [0.1, 0.15) is 19.8 Å². The van der Waals surface area contributed by atoms with Gasteiger partial charge in [0.25, 0.3) is 0 Å². The fourth-order valence-corrected chi connectivity index (χ4v) is 0.699. The number of hydrogen-bond acceptors (Lipinski definition) is 3. The van der Waals surface area contributed by atoms with Crippen molar-refractivity contribution in [2.24, 2.45) is 0 Å². The first-order chi connectivity index (χ1) is 5.81. The lowest BCUT2D eigenvalue weighted by molar-refractivity contribution is -0.121. The van der Waals surface area contributed by atoms with E-state index >= 15 is 0 Å². The number of carbonyl (C=O) groups excluding carboxylic acids is 1. The van der Waals surface area contributed by atoms with Crippen molar-refractivity contribution in [2.45, 2.75) is 19.8 Å². The molecule has 0 unspecified atom stereocenters. The summed E-state index contributed by atoms with van der Waals surface area (Å²) in [6.07, 6.45) is 1.17. The van der Waals surface area contributed by atoms with Crippen LogP contribution in [0.15, 0.2) is 0 Å². The summed E-state index contributed by atoms with van der Waals surface area (Å²) in [6.45, 7) is 3.74. The van der Waals surface area contributed by atoms with Crippen LogP contribution in [-0.2, 0) is 9.53 Å². The van der Waals surface area contributed by atoms with E-state index in [0.717, 1.165) is 13.0 Å². The van der Waals surface area contributed by atoms with Gasteiger partial charge in [-0.15, -0.1) is 0 Å². The van der Waals surface area contributed by atoms with Gasteiger partial charge in [-0.05, 0) is 6.42 Å². The van der Waals surface area contributed by atoms with Crippen molar-refractivity contribution in [3.63, 3.8) is 0 Å². The molecule has 2 N–H and O–H groups in total. The summed E-state index contributed by atoms with van der Waals surface area (Å²) in [5.74, 6) is -0.127. The Kier molecular flexibility index (Phi) is 8.05. The highest BCUT2D eigenvalue weighted by Gasteiger charge is 1.97. The molecule has 12 heavy (non-hydrogen) atoms. The second kappa shape index (κ2) is 8.49. The van der Waals surface area contributed by atoms with E-state index in [1.807, 2.05) is 6.92 Å². The summed E-state index contributed by atoms with van der Waals surface area (Å²) in [5, 5.41) is 11.0. The Bertz CT molecular complexity index is 117. The van der Waals surface area contributed by atoms with Crippen molar-refractivity contribution in [2.75, 3.05) is 26.4 Å². The molecule has 0 radical (unpaired) electrons. The van der Waals surface area contributed by atoms with Gasteiger partial charge >= 0.3 is 0 Å². The van der Waals surface area contributed by atoms with E-state index in [0.29, 0.717) is 13.2 Å². The highest BCUT2D eigenvalue weighted by atomic mass is 16.5. The summed E-state index contributed by atoms with van der Waals surface area (Å²) < 4.78 is 5.13. The first-order valence-electron chi connectivity index (χ1n) is 4.26. The third-order valence-corrected chi connectivity index (χ3v) is 1.26. The Morgan fingerprint density at radius 3 is 2.83 bits per heavy atom. The van der Waals surface area contributed by atoms with Crippen LogP contribution in [-0.4, -0.2) is 37.4 Å². The van der Waals surface area contributed by atoms with E-state index in [4.69, 9.17) is 9.84 Å². The Hall–Kier alpha value is -0.610. The van der Waals surface area contributed by atoms with Gasteiger partial charge < -0.3 is 15.2 Å². The Morgan fingerprint density at radius 2 is 2.25 bits per heavy atom. The molecule has 72 valence electrons. The van der Waals surface area contributed by atoms with Crippen LogP contribution in [0.4, 0.5) is 0 Å². The number of aliphatic hydroxyl groups is 1. The molecule has 0 aromatic carbocycles. The molecule has 1 amide bonds. The highest BCUT2D eigenvalue weighted by Crippen LogP contribution is 1.79. The summed E-state index contributed by atoms with van der Waals surface area (Å²) in [6, 6.07) is 0. The number of aliphatic hydroxyl groups excluding tert-OH is 1. The molecule has 0 aliphatic rings. The van der Waals surface area contributed by atoms with Gasteiger partial charge in [0, 0.05) is 19.6 Å². The first-order valence-corrected chi connectivity index (χ1v) is 4.26. The zero-order valence-electron chi connectivity index (χ0n) is 7.51. The van der Waals surface area contributed by atoms with Crippen LogP contribution in [0.2, 0.25) is 0 Å². The maximum absolute atomic E-state index is 10.7. The molecular formula is C8H17NO3. The molecule has 0 heterocycles. The largest absolute Gasteiger partial charge is 0.396 e. The van der Waals surface area contributed by atoms with Crippen molar-refractivity contribution in [1.82, 2.24) is 5.32 Å². The third-order valence-electron chi connectivity index (χ3n) is 1.26. The molecule has 0 aliphatic carbocycles. The standard InChI is InChI=1S/C8H17NO3/c1-2-6-12-7-4-9-8(11)3-5-10/h10H,2-7H2,1H3,(H,9,11). The lowest BCUT2D eigenvalue weighted by Crippen LogP contribution is -2.27. The predicted octanol–water partition coefficient (Wildman–Crippen LogP) is -0.0884. The van der Waals surface area contributed by atoms with E-state index in [2.05, 4.69) is 5.32 Å². The molecule has 0 spiro atoms. The second-order valence-corrected chi connectivity index (χ2v) is 2.44. The van der Waals surface area contributed by atoms with Gasteiger partial charge in [-0.3, -0.25) is 4.79 Å². The number of nitrogens with one attached hydrogen (secondary N) is 1. The van der Waals surface area contributed by atoms with Gasteiger partial charge in [-0.1, -0.05) is 6.92 Å². The Balaban J connectivity index is 3.03. The van der Waals surface area contributed by atoms with Crippen LogP contribution in [0.5, 0.6) is 0 Å². The average Bonchev–Trinajstić information content (AvgIpc) is 2.05. The molecule has 0 saturated carbocycles. The zero-order chi connectivity index (χ0) is 9.23. The van der Waals surface area contributed by atoms with Crippen molar-refractivity contribution in [3.05, 3.63) is 0 Å². The maximum Gasteiger partial charge on any atom is 0.222 e. The average molecular weight is 175 g/mol. The molecule has 0 fully saturated rings. The zero-order valence-corrected chi connectivity index (χ0v) is 7.51. The normalized spacial score (nSPS) is 9.83. The molecule has 0 bridgehead atoms. The molecule has 0 aromatic rings. The van der Waals surface area contributed by atoms with Crippen molar-refractivity contribution in [3.8, 4) is 0 Å². The number of amides is 1. The minimum atomic E-state index is -0.127. The van der Waals surface area contributed by atoms with Gasteiger partial charge in [0.1, 0.15) is 0 Å². The Labute approximate surface area is 72.9 Å². The first kappa shape index (κ1) is 11.4. The topological polar surface area (TPSA) is 58.6 Å². The molecule has 4 heteroatoms. The molecule has 0 aliphatic heterocycles. The summed E-state index contributed by atoms with van der Waals surface area (Å²) in [5.41, 5.74) is 0. The monoisotopic (exact) mass is 175 g/mol. The summed E-state index contributed by atoms with van der Waals surface area (Å²) >= 11 is 0. The van der Waals surface area contributed by atoms with E-state index in [-0.39, 0.29) is 18.9 Å². The number of ether oxygens (including phenoxy) is 1. The Morgan fingerprint density at radius 1 is 1.50 bits per heavy atom. The summed E-state index contributed by atoms with van der Waals surface area (Å²) in [7, 11) is 0. The van der Waals surface area contributed by atoms with Gasteiger partial charge in [-0.25, -0.2) is 0 Å². The van der Waals surface area contributed by atoms with Crippen molar-refractivity contribution >= 4 is 5.91 Å². The van der Waals surface area contributed by atoms with Crippen LogP contribution in [0, 0.1) is 0 Å². The van der Waals surface area contributed by atoms with Crippen LogP contribution < -0.4 is 5.32 Å². The van der Waals surface area contributed by atoms with Crippen LogP contribution in [0.25, 0.3) is 0 Å². The molecule has 4 nitrogen and oxygen atoms in total. The van der Waals surface area contributed by atoms with Crippen LogP contribution in [0.3, 0.4) is 0 Å². The molecular weight excluding hydrogens is 158 g/mol. The van der Waals surface area contributed by atoms with E-state index in [1.54, 1.807) is 0 Å². The molecule has 0 rings (SSSR count). The minimum absolute atomic E-state index is 0.0956. The lowest BCUT2D eigenvalue weighted by Gasteiger charge is -2.04. The highest BCUT2D eigenvalue weighted by molar-refractivity contribution is 5.75. The van der Waals surface area contributed by atoms with Gasteiger partial charge in [0.2, 0.25) is 5.91 Å². The molecule has 0 saturated heterocycles. The fraction of sp³-hybridized carbons (Fsp3) is 0.875. The van der Waals surface area contributed by atoms with Gasteiger partial charge in [-0.2, -0.15) is 0 Å². The fourth-order valence-electron chi connectivity index (χ4n) is 0.699. The van der Waals surface area contributed by atoms with Gasteiger partial charge in [0.15, 0.2) is 0 Å². The third kappa shape index (κ3) is 7.50. The van der Waals surface area contributed by atoms with E-state index < -0.39 is 0 Å². The van der Waals surface area contributed by atoms with Crippen molar-refractivity contribution in [1.29, 1.82) is 0 Å². The SMILES string of the molecule is CCCOCCNC(=O)CCO. The number of rotatable bonds is 7. The molecule has 0 aromatic heterocycles.